The smallest absolute Gasteiger partial charge is 0.0467 e. The molecule has 1 N–H and O–H groups in total. The molecule has 3 unspecified atom stereocenters. The van der Waals surface area contributed by atoms with Crippen LogP contribution in [0.15, 0.2) is 0 Å². The highest BCUT2D eigenvalue weighted by Gasteiger charge is 2.32. The standard InChI is InChI=1S/C17H33NO/c1-17(2,10-11-19-3)13-18-16-9-8-14-6-4-5-7-15(14)12-16/h14-16,18H,4-13H2,1-3H3. The van der Waals surface area contributed by atoms with Crippen LogP contribution in [0.2, 0.25) is 0 Å². The molecular formula is C17H33NO. The highest BCUT2D eigenvalue weighted by Crippen LogP contribution is 2.40. The van der Waals surface area contributed by atoms with Crippen LogP contribution in [-0.2, 0) is 4.74 Å². The lowest BCUT2D eigenvalue weighted by atomic mass is 9.69. The maximum atomic E-state index is 5.21. The van der Waals surface area contributed by atoms with Crippen LogP contribution in [0, 0.1) is 17.3 Å². The quantitative estimate of drug-likeness (QED) is 0.785. The second kappa shape index (κ2) is 7.08. The molecule has 0 heterocycles. The van der Waals surface area contributed by atoms with E-state index in [1.165, 1.54) is 44.9 Å². The molecule has 0 aromatic heterocycles. The third-order valence-electron chi connectivity index (χ3n) is 5.39. The third kappa shape index (κ3) is 4.75. The molecule has 0 spiro atoms. The van der Waals surface area contributed by atoms with Crippen molar-refractivity contribution in [1.29, 1.82) is 0 Å². The van der Waals surface area contributed by atoms with Crippen molar-refractivity contribution >= 4 is 0 Å². The average Bonchev–Trinajstić information content (AvgIpc) is 2.43. The van der Waals surface area contributed by atoms with Gasteiger partial charge in [0.2, 0.25) is 0 Å². The highest BCUT2D eigenvalue weighted by molar-refractivity contribution is 4.87. The lowest BCUT2D eigenvalue weighted by Crippen LogP contribution is -2.42. The Balaban J connectivity index is 1.71. The van der Waals surface area contributed by atoms with Crippen molar-refractivity contribution in [2.45, 2.75) is 71.3 Å². The molecule has 19 heavy (non-hydrogen) atoms. The summed E-state index contributed by atoms with van der Waals surface area (Å²) in [4.78, 5) is 0. The zero-order valence-electron chi connectivity index (χ0n) is 13.2. The van der Waals surface area contributed by atoms with Crippen LogP contribution in [-0.4, -0.2) is 26.3 Å². The van der Waals surface area contributed by atoms with Crippen LogP contribution < -0.4 is 5.32 Å². The van der Waals surface area contributed by atoms with Gasteiger partial charge in [-0.3, -0.25) is 0 Å². The van der Waals surface area contributed by atoms with Crippen molar-refractivity contribution in [1.82, 2.24) is 5.32 Å². The molecule has 0 bridgehead atoms. The van der Waals surface area contributed by atoms with E-state index in [0.29, 0.717) is 5.41 Å². The fourth-order valence-corrected chi connectivity index (χ4v) is 3.95. The Morgan fingerprint density at radius 1 is 1.05 bits per heavy atom. The molecule has 0 amide bonds. The molecule has 0 saturated heterocycles. The maximum absolute atomic E-state index is 5.21. The summed E-state index contributed by atoms with van der Waals surface area (Å²) in [6, 6.07) is 0.779. The van der Waals surface area contributed by atoms with Gasteiger partial charge in [0.1, 0.15) is 0 Å². The summed E-state index contributed by atoms with van der Waals surface area (Å²) in [6.45, 7) is 6.72. The SMILES string of the molecule is COCCC(C)(C)CNC1CCC2CCCCC2C1. The molecule has 2 nitrogen and oxygen atoms in total. The summed E-state index contributed by atoms with van der Waals surface area (Å²) in [5.41, 5.74) is 0.361. The number of nitrogens with one attached hydrogen (secondary N) is 1. The minimum Gasteiger partial charge on any atom is -0.385 e. The Kier molecular flexibility index (Phi) is 5.70. The van der Waals surface area contributed by atoms with Gasteiger partial charge < -0.3 is 10.1 Å². The van der Waals surface area contributed by atoms with E-state index in [2.05, 4.69) is 19.2 Å². The predicted molar refractivity (Wildman–Crippen MR) is 81.4 cm³/mol. The van der Waals surface area contributed by atoms with Gasteiger partial charge >= 0.3 is 0 Å². The van der Waals surface area contributed by atoms with Gasteiger partial charge in [0.15, 0.2) is 0 Å². The number of hydrogen-bond acceptors (Lipinski definition) is 2. The first-order chi connectivity index (χ1) is 9.11. The van der Waals surface area contributed by atoms with Gasteiger partial charge in [-0.15, -0.1) is 0 Å². The summed E-state index contributed by atoms with van der Waals surface area (Å²) in [5, 5.41) is 3.85. The van der Waals surface area contributed by atoms with E-state index in [9.17, 15) is 0 Å². The van der Waals surface area contributed by atoms with Gasteiger partial charge in [-0.1, -0.05) is 39.5 Å². The van der Waals surface area contributed by atoms with E-state index >= 15 is 0 Å². The lowest BCUT2D eigenvalue weighted by molar-refractivity contribution is 0.125. The average molecular weight is 267 g/mol. The second-order valence-electron chi connectivity index (χ2n) is 7.60. The van der Waals surface area contributed by atoms with Crippen LogP contribution in [0.3, 0.4) is 0 Å². The Morgan fingerprint density at radius 2 is 1.79 bits per heavy atom. The fourth-order valence-electron chi connectivity index (χ4n) is 3.95. The molecule has 0 aliphatic heterocycles. The molecular weight excluding hydrogens is 234 g/mol. The van der Waals surface area contributed by atoms with Gasteiger partial charge in [0, 0.05) is 26.3 Å². The molecule has 112 valence electrons. The van der Waals surface area contributed by atoms with Gasteiger partial charge in [-0.25, -0.2) is 0 Å². The number of fused-ring (bicyclic) bond motifs is 1. The molecule has 0 aromatic rings. The van der Waals surface area contributed by atoms with E-state index in [0.717, 1.165) is 37.5 Å². The lowest BCUT2D eigenvalue weighted by Gasteiger charge is -2.40. The highest BCUT2D eigenvalue weighted by atomic mass is 16.5. The van der Waals surface area contributed by atoms with Crippen LogP contribution >= 0.6 is 0 Å². The van der Waals surface area contributed by atoms with Crippen LogP contribution in [0.5, 0.6) is 0 Å². The Hall–Kier alpha value is -0.0800. The normalized spacial score (nSPS) is 32.1. The van der Waals surface area contributed by atoms with Crippen molar-refractivity contribution in [3.8, 4) is 0 Å². The van der Waals surface area contributed by atoms with Crippen molar-refractivity contribution < 1.29 is 4.74 Å². The molecule has 0 radical (unpaired) electrons. The van der Waals surface area contributed by atoms with Gasteiger partial charge in [-0.2, -0.15) is 0 Å². The van der Waals surface area contributed by atoms with Crippen LogP contribution in [0.1, 0.15) is 65.2 Å². The molecule has 2 aliphatic rings. The topological polar surface area (TPSA) is 21.3 Å². The van der Waals surface area contributed by atoms with E-state index in [-0.39, 0.29) is 0 Å². The van der Waals surface area contributed by atoms with Crippen molar-refractivity contribution in [2.75, 3.05) is 20.3 Å². The molecule has 3 atom stereocenters. The molecule has 2 saturated carbocycles. The molecule has 2 fully saturated rings. The molecule has 2 heteroatoms. The first-order valence-electron chi connectivity index (χ1n) is 8.33. The van der Waals surface area contributed by atoms with Crippen molar-refractivity contribution in [2.24, 2.45) is 17.3 Å². The third-order valence-corrected chi connectivity index (χ3v) is 5.39. The predicted octanol–water partition coefficient (Wildman–Crippen LogP) is 4.00. The Labute approximate surface area is 119 Å². The number of hydrogen-bond donors (Lipinski definition) is 1. The van der Waals surface area contributed by atoms with E-state index < -0.39 is 0 Å². The number of methoxy groups -OCH3 is 1. The zero-order chi connectivity index (χ0) is 13.7. The molecule has 0 aromatic carbocycles. The fraction of sp³-hybridized carbons (Fsp3) is 1.00. The first-order valence-corrected chi connectivity index (χ1v) is 8.33. The Morgan fingerprint density at radius 3 is 2.53 bits per heavy atom. The Bertz CT molecular complexity index is 264. The monoisotopic (exact) mass is 267 g/mol. The molecule has 2 aliphatic carbocycles. The van der Waals surface area contributed by atoms with E-state index in [1.54, 1.807) is 7.11 Å². The van der Waals surface area contributed by atoms with E-state index in [1.807, 2.05) is 0 Å². The van der Waals surface area contributed by atoms with Gasteiger partial charge in [-0.05, 0) is 42.9 Å². The zero-order valence-corrected chi connectivity index (χ0v) is 13.2. The van der Waals surface area contributed by atoms with Crippen LogP contribution in [0.4, 0.5) is 0 Å². The minimum atomic E-state index is 0.361. The maximum Gasteiger partial charge on any atom is 0.0467 e. The van der Waals surface area contributed by atoms with Gasteiger partial charge in [0.25, 0.3) is 0 Å². The van der Waals surface area contributed by atoms with E-state index in [4.69, 9.17) is 4.74 Å². The van der Waals surface area contributed by atoms with Crippen molar-refractivity contribution in [3.05, 3.63) is 0 Å². The van der Waals surface area contributed by atoms with Crippen molar-refractivity contribution in [3.63, 3.8) is 0 Å². The second-order valence-corrected chi connectivity index (χ2v) is 7.60. The minimum absolute atomic E-state index is 0.361. The molecule has 2 rings (SSSR count). The van der Waals surface area contributed by atoms with Gasteiger partial charge in [0.05, 0.1) is 0 Å². The summed E-state index contributed by atoms with van der Waals surface area (Å²) >= 11 is 0. The summed E-state index contributed by atoms with van der Waals surface area (Å²) in [5.74, 6) is 2.09. The summed E-state index contributed by atoms with van der Waals surface area (Å²) < 4.78 is 5.21. The number of ether oxygens (including phenoxy) is 1. The number of rotatable bonds is 6. The first kappa shape index (κ1) is 15.3. The van der Waals surface area contributed by atoms with Crippen LogP contribution in [0.25, 0.3) is 0 Å². The largest absolute Gasteiger partial charge is 0.385 e. The summed E-state index contributed by atoms with van der Waals surface area (Å²) in [7, 11) is 1.80. The summed E-state index contributed by atoms with van der Waals surface area (Å²) in [6.07, 6.45) is 11.4.